The molecule has 26 heavy (non-hydrogen) atoms. The topological polar surface area (TPSA) is 103 Å². The Kier molecular flexibility index (Phi) is 5.82. The molecule has 0 aliphatic heterocycles. The molecule has 2 aromatic rings. The molecule has 0 aliphatic rings. The molecule has 138 valence electrons. The lowest BCUT2D eigenvalue weighted by molar-refractivity contribution is -0.130. The Bertz CT molecular complexity index is 825. The predicted molar refractivity (Wildman–Crippen MR) is 97.0 cm³/mol. The van der Waals surface area contributed by atoms with Gasteiger partial charge in [-0.25, -0.2) is 9.59 Å². The van der Waals surface area contributed by atoms with Crippen molar-refractivity contribution in [3.05, 3.63) is 53.3 Å². The second-order valence-electron chi connectivity index (χ2n) is 6.38. The van der Waals surface area contributed by atoms with Gasteiger partial charge in [0.1, 0.15) is 0 Å². The van der Waals surface area contributed by atoms with E-state index >= 15 is 0 Å². The van der Waals surface area contributed by atoms with Crippen LogP contribution in [0.25, 0.3) is 5.69 Å². The number of hydrogen-bond acceptors (Lipinski definition) is 4. The van der Waals surface area contributed by atoms with Crippen molar-refractivity contribution >= 4 is 17.9 Å². The molecule has 0 fully saturated rings. The van der Waals surface area contributed by atoms with Gasteiger partial charge in [-0.3, -0.25) is 10.1 Å². The van der Waals surface area contributed by atoms with Gasteiger partial charge in [-0.05, 0) is 38.0 Å². The van der Waals surface area contributed by atoms with E-state index in [1.807, 2.05) is 54.1 Å². The van der Waals surface area contributed by atoms with Crippen molar-refractivity contribution in [2.75, 3.05) is 0 Å². The average Bonchev–Trinajstić information content (AvgIpc) is 2.86. The molecule has 0 unspecified atom stereocenters. The number of ether oxygens (including phenoxy) is 1. The van der Waals surface area contributed by atoms with E-state index in [0.717, 1.165) is 11.4 Å². The molecule has 0 saturated heterocycles. The number of carbonyl (C=O) groups is 3. The van der Waals surface area contributed by atoms with Crippen molar-refractivity contribution in [1.82, 2.24) is 9.88 Å². The molecular formula is C19H23N3O4. The molecule has 0 radical (unpaired) electrons. The highest BCUT2D eigenvalue weighted by Gasteiger charge is 2.29. The Morgan fingerprint density at radius 1 is 1.12 bits per heavy atom. The number of aryl methyl sites for hydroxylation is 1. The second-order valence-corrected chi connectivity index (χ2v) is 6.38. The Morgan fingerprint density at radius 3 is 2.27 bits per heavy atom. The quantitative estimate of drug-likeness (QED) is 0.802. The van der Waals surface area contributed by atoms with Crippen LogP contribution < -0.4 is 11.1 Å². The standard InChI is InChI=1S/C19H23N3O4/c1-11(2)16(17(23)21-19(20)25)26-18(24)15-10-12(3)22(13(15)4)14-8-6-5-7-9-14/h5-11,16H,1-4H3,(H3,20,21,23,25)/t16-/m1/s1. The number of amides is 3. The van der Waals surface area contributed by atoms with Gasteiger partial charge < -0.3 is 15.0 Å². The van der Waals surface area contributed by atoms with Crippen LogP contribution in [0.1, 0.15) is 35.6 Å². The van der Waals surface area contributed by atoms with Crippen LogP contribution in [0.2, 0.25) is 0 Å². The summed E-state index contributed by atoms with van der Waals surface area (Å²) in [5, 5.41) is 1.96. The van der Waals surface area contributed by atoms with Crippen molar-refractivity contribution in [2.24, 2.45) is 11.7 Å². The van der Waals surface area contributed by atoms with E-state index in [2.05, 4.69) is 0 Å². The number of hydrogen-bond donors (Lipinski definition) is 2. The molecule has 0 spiro atoms. The van der Waals surface area contributed by atoms with Gasteiger partial charge in [-0.15, -0.1) is 0 Å². The number of nitrogens with zero attached hydrogens (tertiary/aromatic N) is 1. The summed E-state index contributed by atoms with van der Waals surface area (Å²) in [5.41, 5.74) is 7.83. The number of rotatable bonds is 5. The van der Waals surface area contributed by atoms with Crippen molar-refractivity contribution in [3.8, 4) is 5.69 Å². The maximum Gasteiger partial charge on any atom is 0.340 e. The van der Waals surface area contributed by atoms with E-state index < -0.39 is 24.0 Å². The number of aromatic nitrogens is 1. The predicted octanol–water partition coefficient (Wildman–Crippen LogP) is 2.47. The van der Waals surface area contributed by atoms with Gasteiger partial charge in [0, 0.05) is 17.1 Å². The van der Waals surface area contributed by atoms with Crippen LogP contribution in [0, 0.1) is 19.8 Å². The number of nitrogens with one attached hydrogen (secondary N) is 1. The van der Waals surface area contributed by atoms with E-state index in [0.29, 0.717) is 11.3 Å². The third-order valence-corrected chi connectivity index (χ3v) is 4.01. The summed E-state index contributed by atoms with van der Waals surface area (Å²) >= 11 is 0. The molecular weight excluding hydrogens is 334 g/mol. The summed E-state index contributed by atoms with van der Waals surface area (Å²) in [5.74, 6) is -1.69. The van der Waals surface area contributed by atoms with Crippen molar-refractivity contribution < 1.29 is 19.1 Å². The largest absolute Gasteiger partial charge is 0.448 e. The lowest BCUT2D eigenvalue weighted by atomic mass is 10.1. The zero-order valence-corrected chi connectivity index (χ0v) is 15.3. The van der Waals surface area contributed by atoms with Gasteiger partial charge in [-0.2, -0.15) is 0 Å². The van der Waals surface area contributed by atoms with Gasteiger partial charge >= 0.3 is 12.0 Å². The number of imide groups is 1. The zero-order valence-electron chi connectivity index (χ0n) is 15.3. The van der Waals surface area contributed by atoms with E-state index in [1.165, 1.54) is 0 Å². The van der Waals surface area contributed by atoms with Crippen LogP contribution in [0.4, 0.5) is 4.79 Å². The molecule has 3 amide bonds. The summed E-state index contributed by atoms with van der Waals surface area (Å²) in [7, 11) is 0. The van der Waals surface area contributed by atoms with Crippen LogP contribution in [-0.4, -0.2) is 28.6 Å². The minimum atomic E-state index is -1.12. The molecule has 1 aromatic carbocycles. The van der Waals surface area contributed by atoms with E-state index in [1.54, 1.807) is 19.9 Å². The van der Waals surface area contributed by atoms with Gasteiger partial charge in [-0.1, -0.05) is 32.0 Å². The fourth-order valence-corrected chi connectivity index (χ4v) is 2.81. The maximum atomic E-state index is 12.6. The molecule has 0 bridgehead atoms. The fourth-order valence-electron chi connectivity index (χ4n) is 2.81. The van der Waals surface area contributed by atoms with E-state index in [4.69, 9.17) is 10.5 Å². The number of benzene rings is 1. The molecule has 2 rings (SSSR count). The Labute approximate surface area is 152 Å². The van der Waals surface area contributed by atoms with Crippen LogP contribution in [-0.2, 0) is 9.53 Å². The lowest BCUT2D eigenvalue weighted by Gasteiger charge is -2.19. The molecule has 1 heterocycles. The first-order valence-electron chi connectivity index (χ1n) is 8.28. The van der Waals surface area contributed by atoms with E-state index in [9.17, 15) is 14.4 Å². The van der Waals surface area contributed by atoms with Gasteiger partial charge in [0.05, 0.1) is 5.56 Å². The van der Waals surface area contributed by atoms with Gasteiger partial charge in [0.2, 0.25) is 0 Å². The summed E-state index contributed by atoms with van der Waals surface area (Å²) in [6, 6.07) is 10.3. The number of urea groups is 1. The first-order chi connectivity index (χ1) is 12.2. The van der Waals surface area contributed by atoms with Gasteiger partial charge in [0.25, 0.3) is 5.91 Å². The summed E-state index contributed by atoms with van der Waals surface area (Å²) in [6.07, 6.45) is -1.12. The highest BCUT2D eigenvalue weighted by Crippen LogP contribution is 2.22. The highest BCUT2D eigenvalue weighted by molar-refractivity contribution is 5.98. The fraction of sp³-hybridized carbons (Fsp3) is 0.316. The van der Waals surface area contributed by atoms with Crippen molar-refractivity contribution in [1.29, 1.82) is 0 Å². The number of carbonyl (C=O) groups excluding carboxylic acids is 3. The summed E-state index contributed by atoms with van der Waals surface area (Å²) in [6.45, 7) is 7.12. The third-order valence-electron chi connectivity index (χ3n) is 4.01. The molecule has 7 heteroatoms. The monoisotopic (exact) mass is 357 g/mol. The number of nitrogens with two attached hydrogens (primary N) is 1. The van der Waals surface area contributed by atoms with Crippen LogP contribution in [0.3, 0.4) is 0 Å². The first-order valence-corrected chi connectivity index (χ1v) is 8.28. The Balaban J connectivity index is 2.29. The van der Waals surface area contributed by atoms with E-state index in [-0.39, 0.29) is 5.92 Å². The molecule has 7 nitrogen and oxygen atoms in total. The minimum Gasteiger partial charge on any atom is -0.448 e. The molecule has 3 N–H and O–H groups in total. The highest BCUT2D eigenvalue weighted by atomic mass is 16.5. The Morgan fingerprint density at radius 2 is 1.73 bits per heavy atom. The lowest BCUT2D eigenvalue weighted by Crippen LogP contribution is -2.45. The van der Waals surface area contributed by atoms with Gasteiger partial charge in [0.15, 0.2) is 6.10 Å². The zero-order chi connectivity index (χ0) is 19.4. The second kappa shape index (κ2) is 7.86. The van der Waals surface area contributed by atoms with Crippen molar-refractivity contribution in [2.45, 2.75) is 33.8 Å². The molecule has 1 aromatic heterocycles. The van der Waals surface area contributed by atoms with Crippen LogP contribution in [0.15, 0.2) is 36.4 Å². The summed E-state index contributed by atoms with van der Waals surface area (Å²) < 4.78 is 7.31. The van der Waals surface area contributed by atoms with Crippen molar-refractivity contribution in [3.63, 3.8) is 0 Å². The maximum absolute atomic E-state index is 12.6. The number of para-hydroxylation sites is 1. The minimum absolute atomic E-state index is 0.323. The molecule has 1 atom stereocenters. The Hall–Kier alpha value is -3.09. The van der Waals surface area contributed by atoms with Crippen LogP contribution >= 0.6 is 0 Å². The first kappa shape index (κ1) is 19.2. The normalized spacial score (nSPS) is 11.9. The summed E-state index contributed by atoms with van der Waals surface area (Å²) in [4.78, 5) is 35.6. The SMILES string of the molecule is Cc1cc(C(=O)O[C@@H](C(=O)NC(N)=O)C(C)C)c(C)n1-c1ccccc1. The third kappa shape index (κ3) is 4.11. The number of esters is 1. The number of primary amides is 1. The molecule has 0 aliphatic carbocycles. The van der Waals surface area contributed by atoms with Crippen LogP contribution in [0.5, 0.6) is 0 Å². The average molecular weight is 357 g/mol. The molecule has 0 saturated carbocycles. The smallest absolute Gasteiger partial charge is 0.340 e.